The van der Waals surface area contributed by atoms with E-state index in [9.17, 15) is 0 Å². The molecule has 2 aromatic rings. The highest BCUT2D eigenvalue weighted by Crippen LogP contribution is 2.28. The predicted octanol–water partition coefficient (Wildman–Crippen LogP) is 1.44. The normalized spacial score (nSPS) is 10.3. The predicted molar refractivity (Wildman–Crippen MR) is 60.0 cm³/mol. The Hall–Kier alpha value is -1.89. The van der Waals surface area contributed by atoms with E-state index >= 15 is 0 Å². The van der Waals surface area contributed by atoms with Gasteiger partial charge in [0.05, 0.1) is 13.7 Å². The lowest BCUT2D eigenvalue weighted by Gasteiger charge is -2.08. The van der Waals surface area contributed by atoms with Crippen LogP contribution in [0.25, 0.3) is 0 Å². The van der Waals surface area contributed by atoms with E-state index in [1.807, 2.05) is 0 Å². The minimum Gasteiger partial charge on any atom is -0.490 e. The smallest absolute Gasteiger partial charge is 0.245 e. The topological polar surface area (TPSA) is 86.0 Å². The number of aromatic nitrogens is 4. The van der Waals surface area contributed by atoms with Crippen LogP contribution in [-0.4, -0.2) is 27.2 Å². The second-order valence-electron chi connectivity index (χ2n) is 3.14. The lowest BCUT2D eigenvalue weighted by Crippen LogP contribution is -2.04. The number of ether oxygens (including phenoxy) is 1. The third-order valence-electron chi connectivity index (χ3n) is 1.94. The zero-order valence-corrected chi connectivity index (χ0v) is 10.0. The molecule has 0 unspecified atom stereocenters. The van der Waals surface area contributed by atoms with Crippen molar-refractivity contribution in [2.45, 2.75) is 13.5 Å². The van der Waals surface area contributed by atoms with Gasteiger partial charge in [0.1, 0.15) is 6.33 Å². The number of nitrogens with one attached hydrogen (secondary N) is 1. The average molecular weight is 256 g/mol. The Kier molecular flexibility index (Phi) is 3.38. The van der Waals surface area contributed by atoms with Crippen LogP contribution < -0.4 is 10.1 Å². The molecule has 0 saturated heterocycles. The zero-order valence-electron chi connectivity index (χ0n) is 9.27. The van der Waals surface area contributed by atoms with Gasteiger partial charge in [-0.2, -0.15) is 4.98 Å². The number of nitrogens with zero attached hydrogens (tertiary/aromatic N) is 4. The van der Waals surface area contributed by atoms with Crippen LogP contribution >= 0.6 is 11.6 Å². The summed E-state index contributed by atoms with van der Waals surface area (Å²) in [6.45, 7) is 2.08. The molecule has 7 nitrogen and oxygen atoms in total. The summed E-state index contributed by atoms with van der Waals surface area (Å²) < 4.78 is 10.0. The number of halogens is 1. The maximum absolute atomic E-state index is 5.85. The van der Waals surface area contributed by atoms with Gasteiger partial charge in [-0.3, -0.25) is 0 Å². The average Bonchev–Trinajstić information content (AvgIpc) is 2.72. The van der Waals surface area contributed by atoms with E-state index in [4.69, 9.17) is 20.9 Å². The van der Waals surface area contributed by atoms with Crippen molar-refractivity contribution in [3.63, 3.8) is 0 Å². The summed E-state index contributed by atoms with van der Waals surface area (Å²) in [7, 11) is 1.49. The van der Waals surface area contributed by atoms with Crippen LogP contribution in [-0.2, 0) is 6.54 Å². The quantitative estimate of drug-likeness (QED) is 0.827. The summed E-state index contributed by atoms with van der Waals surface area (Å²) >= 11 is 5.85. The Labute approximate surface area is 102 Å². The highest BCUT2D eigenvalue weighted by Gasteiger charge is 2.11. The molecular formula is C9H10ClN5O2. The van der Waals surface area contributed by atoms with E-state index in [0.29, 0.717) is 29.8 Å². The second-order valence-corrected chi connectivity index (χ2v) is 3.49. The van der Waals surface area contributed by atoms with E-state index in [1.165, 1.54) is 13.4 Å². The lowest BCUT2D eigenvalue weighted by molar-refractivity contribution is 0.378. The van der Waals surface area contributed by atoms with Crippen LogP contribution in [0.3, 0.4) is 0 Å². The standard InChI is InChI=1S/C9H10ClN5O2/c1-5-14-6(17-15-5)3-11-9-7(16-2)8(10)12-4-13-9/h4H,3H2,1-2H3,(H,11,12,13). The Bertz CT molecular complexity index is 516. The van der Waals surface area contributed by atoms with Gasteiger partial charge in [0.25, 0.3) is 0 Å². The molecule has 0 saturated carbocycles. The number of hydrogen-bond donors (Lipinski definition) is 1. The van der Waals surface area contributed by atoms with E-state index in [0.717, 1.165) is 0 Å². The van der Waals surface area contributed by atoms with Crippen LogP contribution in [0.1, 0.15) is 11.7 Å². The molecule has 2 aromatic heterocycles. The molecule has 0 spiro atoms. The number of methoxy groups -OCH3 is 1. The molecule has 2 heterocycles. The number of rotatable bonds is 4. The summed E-state index contributed by atoms with van der Waals surface area (Å²) in [5, 5.41) is 6.89. The van der Waals surface area contributed by atoms with Gasteiger partial charge in [-0.05, 0) is 6.92 Å². The van der Waals surface area contributed by atoms with Crippen molar-refractivity contribution in [3.05, 3.63) is 23.2 Å². The Morgan fingerprint density at radius 3 is 2.94 bits per heavy atom. The zero-order chi connectivity index (χ0) is 12.3. The molecule has 1 N–H and O–H groups in total. The van der Waals surface area contributed by atoms with Gasteiger partial charge in [0, 0.05) is 0 Å². The van der Waals surface area contributed by atoms with E-state index < -0.39 is 0 Å². The molecule has 17 heavy (non-hydrogen) atoms. The van der Waals surface area contributed by atoms with Crippen LogP contribution in [0.15, 0.2) is 10.9 Å². The maximum Gasteiger partial charge on any atom is 0.245 e. The second kappa shape index (κ2) is 4.96. The number of anilines is 1. The highest BCUT2D eigenvalue weighted by molar-refractivity contribution is 6.31. The van der Waals surface area contributed by atoms with Crippen molar-refractivity contribution in [3.8, 4) is 5.75 Å². The van der Waals surface area contributed by atoms with E-state index in [-0.39, 0.29) is 5.15 Å². The molecule has 0 amide bonds. The van der Waals surface area contributed by atoms with Gasteiger partial charge in [-0.25, -0.2) is 9.97 Å². The van der Waals surface area contributed by atoms with Crippen molar-refractivity contribution in [2.75, 3.05) is 12.4 Å². The Morgan fingerprint density at radius 2 is 2.29 bits per heavy atom. The first-order chi connectivity index (χ1) is 8.20. The van der Waals surface area contributed by atoms with Gasteiger partial charge >= 0.3 is 0 Å². The fraction of sp³-hybridized carbons (Fsp3) is 0.333. The third kappa shape index (κ3) is 2.62. The molecular weight excluding hydrogens is 246 g/mol. The molecule has 0 aliphatic rings. The summed E-state index contributed by atoms with van der Waals surface area (Å²) in [5.41, 5.74) is 0. The fourth-order valence-electron chi connectivity index (χ4n) is 1.23. The van der Waals surface area contributed by atoms with Crippen molar-refractivity contribution in [1.82, 2.24) is 20.1 Å². The molecule has 90 valence electrons. The molecule has 0 radical (unpaired) electrons. The molecule has 2 rings (SSSR count). The molecule has 8 heteroatoms. The molecule has 0 fully saturated rings. The van der Waals surface area contributed by atoms with Gasteiger partial charge < -0.3 is 14.6 Å². The molecule has 0 atom stereocenters. The first kappa shape index (κ1) is 11.6. The first-order valence-electron chi connectivity index (χ1n) is 4.78. The van der Waals surface area contributed by atoms with Crippen molar-refractivity contribution in [2.24, 2.45) is 0 Å². The van der Waals surface area contributed by atoms with Crippen molar-refractivity contribution < 1.29 is 9.26 Å². The summed E-state index contributed by atoms with van der Waals surface area (Å²) in [6, 6.07) is 0. The van der Waals surface area contributed by atoms with Crippen molar-refractivity contribution >= 4 is 17.4 Å². The minimum atomic E-state index is 0.242. The maximum atomic E-state index is 5.85. The Balaban J connectivity index is 2.11. The first-order valence-corrected chi connectivity index (χ1v) is 5.16. The van der Waals surface area contributed by atoms with Gasteiger partial charge in [0.2, 0.25) is 5.89 Å². The van der Waals surface area contributed by atoms with Gasteiger partial charge in [0.15, 0.2) is 22.5 Å². The van der Waals surface area contributed by atoms with Crippen LogP contribution in [0, 0.1) is 6.92 Å². The fourth-order valence-corrected chi connectivity index (χ4v) is 1.44. The summed E-state index contributed by atoms with van der Waals surface area (Å²) in [4.78, 5) is 11.9. The number of hydrogen-bond acceptors (Lipinski definition) is 7. The van der Waals surface area contributed by atoms with Crippen LogP contribution in [0.4, 0.5) is 5.82 Å². The molecule has 0 aliphatic carbocycles. The summed E-state index contributed by atoms with van der Waals surface area (Å²) in [6.07, 6.45) is 1.34. The lowest BCUT2D eigenvalue weighted by atomic mass is 10.5. The molecule has 0 aliphatic heterocycles. The number of aryl methyl sites for hydroxylation is 1. The highest BCUT2D eigenvalue weighted by atomic mass is 35.5. The SMILES string of the molecule is COc1c(Cl)ncnc1NCc1nc(C)no1. The largest absolute Gasteiger partial charge is 0.490 e. The molecule has 0 aromatic carbocycles. The van der Waals surface area contributed by atoms with Gasteiger partial charge in [-0.1, -0.05) is 16.8 Å². The molecule has 0 bridgehead atoms. The summed E-state index contributed by atoms with van der Waals surface area (Å²) in [5.74, 6) is 1.89. The van der Waals surface area contributed by atoms with E-state index in [1.54, 1.807) is 6.92 Å². The minimum absolute atomic E-state index is 0.242. The Morgan fingerprint density at radius 1 is 1.47 bits per heavy atom. The van der Waals surface area contributed by atoms with Gasteiger partial charge in [-0.15, -0.1) is 0 Å². The van der Waals surface area contributed by atoms with Crippen molar-refractivity contribution in [1.29, 1.82) is 0 Å². The van der Waals surface area contributed by atoms with E-state index in [2.05, 4.69) is 25.4 Å². The van der Waals surface area contributed by atoms with Crippen LogP contribution in [0.5, 0.6) is 5.75 Å². The van der Waals surface area contributed by atoms with Crippen LogP contribution in [0.2, 0.25) is 5.15 Å². The monoisotopic (exact) mass is 255 g/mol. The third-order valence-corrected chi connectivity index (χ3v) is 2.21.